The first-order valence-corrected chi connectivity index (χ1v) is 8.63. The van der Waals surface area contributed by atoms with E-state index in [0.29, 0.717) is 0 Å². The molecule has 0 aromatic heterocycles. The minimum atomic E-state index is 0.729. The van der Waals surface area contributed by atoms with Crippen LogP contribution in [0, 0.1) is 5.92 Å². The highest BCUT2D eigenvalue weighted by Gasteiger charge is 2.17. The molecule has 0 aliphatic heterocycles. The van der Waals surface area contributed by atoms with Gasteiger partial charge in [0.2, 0.25) is 0 Å². The van der Waals surface area contributed by atoms with Crippen molar-refractivity contribution in [2.45, 2.75) is 76.5 Å². The van der Waals surface area contributed by atoms with Gasteiger partial charge in [0, 0.05) is 17.0 Å². The molecule has 102 valence electrons. The van der Waals surface area contributed by atoms with Crippen LogP contribution >= 0.6 is 11.8 Å². The first-order chi connectivity index (χ1) is 8.30. The molecule has 1 saturated carbocycles. The topological polar surface area (TPSA) is 12.0 Å². The lowest BCUT2D eigenvalue weighted by atomic mass is 9.95. The molecule has 1 rings (SSSR count). The Morgan fingerprint density at radius 2 is 1.76 bits per heavy atom. The van der Waals surface area contributed by atoms with Crippen LogP contribution < -0.4 is 5.32 Å². The quantitative estimate of drug-likeness (QED) is 0.688. The highest BCUT2D eigenvalue weighted by atomic mass is 32.2. The predicted octanol–water partition coefficient (Wildman–Crippen LogP) is 4.47. The van der Waals surface area contributed by atoms with Crippen LogP contribution in [0.5, 0.6) is 0 Å². The van der Waals surface area contributed by atoms with E-state index in [4.69, 9.17) is 0 Å². The second kappa shape index (κ2) is 9.27. The predicted molar refractivity (Wildman–Crippen MR) is 80.9 cm³/mol. The number of nitrogens with one attached hydrogen (secondary N) is 1. The Hall–Kier alpha value is 0.310. The van der Waals surface area contributed by atoms with Gasteiger partial charge in [-0.1, -0.05) is 46.0 Å². The van der Waals surface area contributed by atoms with Gasteiger partial charge in [-0.15, -0.1) is 0 Å². The minimum absolute atomic E-state index is 0.729. The Balaban J connectivity index is 2.20. The number of thioether (sulfide) groups is 1. The lowest BCUT2D eigenvalue weighted by Crippen LogP contribution is -2.31. The van der Waals surface area contributed by atoms with Gasteiger partial charge in [-0.25, -0.2) is 0 Å². The molecule has 0 radical (unpaired) electrons. The van der Waals surface area contributed by atoms with Crippen molar-refractivity contribution in [3.05, 3.63) is 0 Å². The van der Waals surface area contributed by atoms with Gasteiger partial charge in [0.25, 0.3) is 0 Å². The van der Waals surface area contributed by atoms with Crippen molar-refractivity contribution in [3.63, 3.8) is 0 Å². The Morgan fingerprint density at radius 3 is 2.29 bits per heavy atom. The van der Waals surface area contributed by atoms with E-state index in [1.165, 1.54) is 57.1 Å². The van der Waals surface area contributed by atoms with Crippen LogP contribution in [0.3, 0.4) is 0 Å². The van der Waals surface area contributed by atoms with Crippen molar-refractivity contribution in [2.24, 2.45) is 5.92 Å². The summed E-state index contributed by atoms with van der Waals surface area (Å²) in [6.07, 6.45) is 11.4. The third-order valence-corrected chi connectivity index (χ3v) is 5.80. The highest BCUT2D eigenvalue weighted by Crippen LogP contribution is 2.29. The molecule has 0 bridgehead atoms. The zero-order valence-electron chi connectivity index (χ0n) is 12.0. The average Bonchev–Trinajstić information content (AvgIpc) is 2.40. The summed E-state index contributed by atoms with van der Waals surface area (Å²) < 4.78 is 0. The third-order valence-electron chi connectivity index (χ3n) is 4.27. The van der Waals surface area contributed by atoms with Gasteiger partial charge in [-0.2, -0.15) is 11.8 Å². The molecule has 1 N–H and O–H groups in total. The van der Waals surface area contributed by atoms with Gasteiger partial charge >= 0.3 is 0 Å². The summed E-state index contributed by atoms with van der Waals surface area (Å²) in [6, 6.07) is 0.729. The number of hydrogen-bond donors (Lipinski definition) is 1. The molecule has 1 atom stereocenters. The summed E-state index contributed by atoms with van der Waals surface area (Å²) in [5, 5.41) is 4.48. The van der Waals surface area contributed by atoms with Gasteiger partial charge in [-0.3, -0.25) is 0 Å². The van der Waals surface area contributed by atoms with Crippen LogP contribution in [0.15, 0.2) is 0 Å². The first-order valence-electron chi connectivity index (χ1n) is 7.59. The van der Waals surface area contributed by atoms with Crippen LogP contribution in [0.2, 0.25) is 0 Å². The zero-order valence-corrected chi connectivity index (χ0v) is 12.8. The molecule has 0 aromatic rings. The largest absolute Gasteiger partial charge is 0.316 e. The lowest BCUT2D eigenvalue weighted by Gasteiger charge is -2.25. The van der Waals surface area contributed by atoms with Gasteiger partial charge < -0.3 is 5.32 Å². The second-order valence-corrected chi connectivity index (χ2v) is 6.83. The van der Waals surface area contributed by atoms with Crippen LogP contribution in [0.25, 0.3) is 0 Å². The molecule has 17 heavy (non-hydrogen) atoms. The molecule has 1 aliphatic carbocycles. The van der Waals surface area contributed by atoms with E-state index in [1.54, 1.807) is 0 Å². The molecule has 0 aromatic carbocycles. The Morgan fingerprint density at radius 1 is 1.12 bits per heavy atom. The monoisotopic (exact) mass is 257 g/mol. The highest BCUT2D eigenvalue weighted by molar-refractivity contribution is 7.99. The van der Waals surface area contributed by atoms with Crippen molar-refractivity contribution < 1.29 is 0 Å². The molecule has 1 unspecified atom stereocenters. The summed E-state index contributed by atoms with van der Waals surface area (Å²) >= 11 is 2.23. The Kier molecular flexibility index (Phi) is 8.38. The van der Waals surface area contributed by atoms with E-state index in [0.717, 1.165) is 17.2 Å². The summed E-state index contributed by atoms with van der Waals surface area (Å²) in [4.78, 5) is 0. The van der Waals surface area contributed by atoms with E-state index in [2.05, 4.69) is 38.0 Å². The maximum atomic E-state index is 3.52. The molecule has 1 fully saturated rings. The molecule has 0 spiro atoms. The Labute approximate surface area is 113 Å². The average molecular weight is 257 g/mol. The van der Waals surface area contributed by atoms with Crippen molar-refractivity contribution in [1.29, 1.82) is 0 Å². The lowest BCUT2D eigenvalue weighted by molar-refractivity contribution is 0.396. The van der Waals surface area contributed by atoms with E-state index in [-0.39, 0.29) is 0 Å². The SMILES string of the molecule is CCC(CC)CC(CSC1CCCCC1)NC. The molecular formula is C15H31NS. The number of hydrogen-bond acceptors (Lipinski definition) is 2. The van der Waals surface area contributed by atoms with Crippen molar-refractivity contribution >= 4 is 11.8 Å². The van der Waals surface area contributed by atoms with Crippen LogP contribution in [0.1, 0.15) is 65.2 Å². The molecule has 0 heterocycles. The molecule has 1 aliphatic rings. The van der Waals surface area contributed by atoms with Crippen molar-refractivity contribution in [2.75, 3.05) is 12.8 Å². The molecule has 1 nitrogen and oxygen atoms in total. The van der Waals surface area contributed by atoms with E-state index >= 15 is 0 Å². The molecule has 0 saturated heterocycles. The zero-order chi connectivity index (χ0) is 12.5. The van der Waals surface area contributed by atoms with Crippen LogP contribution in [0.4, 0.5) is 0 Å². The maximum absolute atomic E-state index is 3.52. The first kappa shape index (κ1) is 15.4. The van der Waals surface area contributed by atoms with Crippen LogP contribution in [-0.4, -0.2) is 24.1 Å². The summed E-state index contributed by atoms with van der Waals surface area (Å²) in [7, 11) is 2.13. The van der Waals surface area contributed by atoms with Crippen molar-refractivity contribution in [3.8, 4) is 0 Å². The summed E-state index contributed by atoms with van der Waals surface area (Å²) in [5.74, 6) is 2.23. The fraction of sp³-hybridized carbons (Fsp3) is 1.00. The van der Waals surface area contributed by atoms with Crippen LogP contribution in [-0.2, 0) is 0 Å². The van der Waals surface area contributed by atoms with E-state index in [9.17, 15) is 0 Å². The maximum Gasteiger partial charge on any atom is 0.0157 e. The van der Waals surface area contributed by atoms with Gasteiger partial charge in [-0.05, 0) is 32.2 Å². The standard InChI is InChI=1S/C15H31NS/c1-4-13(5-2)11-14(16-3)12-17-15-9-7-6-8-10-15/h13-16H,4-12H2,1-3H3. The van der Waals surface area contributed by atoms with E-state index < -0.39 is 0 Å². The fourth-order valence-electron chi connectivity index (χ4n) is 2.78. The molecular weight excluding hydrogens is 226 g/mol. The molecule has 0 amide bonds. The smallest absolute Gasteiger partial charge is 0.0157 e. The third kappa shape index (κ3) is 6.15. The summed E-state index contributed by atoms with van der Waals surface area (Å²) in [6.45, 7) is 4.66. The minimum Gasteiger partial charge on any atom is -0.316 e. The van der Waals surface area contributed by atoms with Gasteiger partial charge in [0.05, 0.1) is 0 Å². The van der Waals surface area contributed by atoms with Gasteiger partial charge in [0.15, 0.2) is 0 Å². The molecule has 2 heteroatoms. The van der Waals surface area contributed by atoms with Gasteiger partial charge in [0.1, 0.15) is 0 Å². The Bertz CT molecular complexity index is 174. The second-order valence-electron chi connectivity index (χ2n) is 5.50. The fourth-order valence-corrected chi connectivity index (χ4v) is 4.25. The normalized spacial score (nSPS) is 19.8. The summed E-state index contributed by atoms with van der Waals surface area (Å²) in [5.41, 5.74) is 0. The van der Waals surface area contributed by atoms with E-state index in [1.807, 2.05) is 0 Å². The number of rotatable bonds is 8. The van der Waals surface area contributed by atoms with Crippen molar-refractivity contribution in [1.82, 2.24) is 5.32 Å².